The highest BCUT2D eigenvalue weighted by atomic mass is 16.6. The van der Waals surface area contributed by atoms with Crippen LogP contribution in [0.4, 0.5) is 0 Å². The summed E-state index contributed by atoms with van der Waals surface area (Å²) in [6.45, 7) is 6.55. The molecule has 0 fully saturated rings. The molecule has 1 atom stereocenters. The van der Waals surface area contributed by atoms with Gasteiger partial charge < -0.3 is 14.2 Å². The summed E-state index contributed by atoms with van der Waals surface area (Å²) in [5.74, 6) is -0.887. The number of ether oxygens (including phenoxy) is 3. The van der Waals surface area contributed by atoms with Crippen LogP contribution >= 0.6 is 0 Å². The van der Waals surface area contributed by atoms with Gasteiger partial charge in [-0.25, -0.2) is 0 Å². The molecule has 81 heavy (non-hydrogen) atoms. The van der Waals surface area contributed by atoms with Gasteiger partial charge in [0.05, 0.1) is 0 Å². The van der Waals surface area contributed by atoms with E-state index < -0.39 is 6.10 Å². The number of hydrogen-bond acceptors (Lipinski definition) is 6. The highest BCUT2D eigenvalue weighted by Gasteiger charge is 2.19. The topological polar surface area (TPSA) is 78.9 Å². The van der Waals surface area contributed by atoms with Crippen molar-refractivity contribution >= 4 is 17.9 Å². The molecule has 0 aliphatic heterocycles. The zero-order valence-corrected chi connectivity index (χ0v) is 54.1. The summed E-state index contributed by atoms with van der Waals surface area (Å²) < 4.78 is 16.9. The monoisotopic (exact) mass is 1130 g/mol. The molecule has 0 aromatic rings. The van der Waals surface area contributed by atoms with E-state index in [2.05, 4.69) is 93.7 Å². The molecule has 0 spiro atoms. The van der Waals surface area contributed by atoms with Gasteiger partial charge in [-0.3, -0.25) is 14.4 Å². The van der Waals surface area contributed by atoms with E-state index in [1.165, 1.54) is 218 Å². The summed E-state index contributed by atoms with van der Waals surface area (Å²) in [7, 11) is 0. The fourth-order valence-corrected chi connectivity index (χ4v) is 10.5. The number of hydrogen-bond donors (Lipinski definition) is 0. The molecule has 0 bridgehead atoms. The van der Waals surface area contributed by atoms with Gasteiger partial charge in [-0.2, -0.15) is 0 Å². The molecule has 0 saturated heterocycles. The standard InChI is InChI=1S/C75H134O6/c1-4-7-10-13-16-19-22-24-26-28-30-32-34-35-36-37-38-39-41-42-44-46-48-50-53-56-59-62-65-68-74(77)80-71-72(70-79-73(76)67-64-61-58-55-52-21-18-15-12-9-6-3)81-75(78)69-66-63-60-57-54-51-49-47-45-43-40-33-31-29-27-25-23-20-17-14-11-8-5-2/h8,11,17,20,25,27,31,33,43,45,49,51,72H,4-7,9-10,12-16,18-19,21-24,26,28-30,32,34-42,44,46-48,50,52-71H2,1-3H3/b11-8-,20-17-,27-25-,33-31-,45-43-,51-49-. The van der Waals surface area contributed by atoms with E-state index in [1.54, 1.807) is 0 Å². The minimum absolute atomic E-state index is 0.0815. The summed E-state index contributed by atoms with van der Waals surface area (Å²) in [5, 5.41) is 0. The molecular weight excluding hydrogens is 997 g/mol. The average Bonchev–Trinajstić information content (AvgIpc) is 3.47. The number of unbranched alkanes of at least 4 members (excludes halogenated alkanes) is 42. The van der Waals surface area contributed by atoms with Crippen LogP contribution in [0.5, 0.6) is 0 Å². The molecule has 0 amide bonds. The number of carbonyl (C=O) groups excluding carboxylic acids is 3. The van der Waals surface area contributed by atoms with E-state index in [4.69, 9.17) is 14.2 Å². The molecule has 0 saturated carbocycles. The molecule has 0 radical (unpaired) electrons. The molecule has 0 rings (SSSR count). The summed E-state index contributed by atoms with van der Waals surface area (Å²) >= 11 is 0. The third kappa shape index (κ3) is 67.5. The van der Waals surface area contributed by atoms with Gasteiger partial charge in [-0.05, 0) is 70.6 Å². The molecule has 0 aliphatic carbocycles. The average molecular weight is 1130 g/mol. The molecule has 0 heterocycles. The van der Waals surface area contributed by atoms with Gasteiger partial charge in [0.1, 0.15) is 13.2 Å². The third-order valence-corrected chi connectivity index (χ3v) is 15.7. The first kappa shape index (κ1) is 77.9. The molecule has 6 nitrogen and oxygen atoms in total. The predicted molar refractivity (Wildman–Crippen MR) is 353 cm³/mol. The molecular formula is C75H134O6. The fraction of sp³-hybridized carbons (Fsp3) is 0.800. The number of esters is 3. The van der Waals surface area contributed by atoms with Gasteiger partial charge in [0.2, 0.25) is 0 Å². The lowest BCUT2D eigenvalue weighted by Gasteiger charge is -2.18. The van der Waals surface area contributed by atoms with Crippen LogP contribution in [0.1, 0.15) is 367 Å². The maximum Gasteiger partial charge on any atom is 0.306 e. The third-order valence-electron chi connectivity index (χ3n) is 15.7. The van der Waals surface area contributed by atoms with E-state index in [1.807, 2.05) is 0 Å². The Morgan fingerprint density at radius 3 is 0.753 bits per heavy atom. The fourth-order valence-electron chi connectivity index (χ4n) is 10.5. The van der Waals surface area contributed by atoms with Crippen molar-refractivity contribution in [2.75, 3.05) is 13.2 Å². The largest absolute Gasteiger partial charge is 0.462 e. The van der Waals surface area contributed by atoms with Crippen LogP contribution in [0.15, 0.2) is 72.9 Å². The Bertz CT molecular complexity index is 1490. The molecule has 470 valence electrons. The van der Waals surface area contributed by atoms with E-state index in [-0.39, 0.29) is 31.1 Å². The Hall–Kier alpha value is -3.15. The van der Waals surface area contributed by atoms with Gasteiger partial charge in [-0.15, -0.1) is 0 Å². The molecule has 0 aromatic heterocycles. The first-order valence-electron chi connectivity index (χ1n) is 35.4. The van der Waals surface area contributed by atoms with E-state index in [9.17, 15) is 14.4 Å². The highest BCUT2D eigenvalue weighted by molar-refractivity contribution is 5.71. The van der Waals surface area contributed by atoms with Crippen molar-refractivity contribution in [3.63, 3.8) is 0 Å². The first-order chi connectivity index (χ1) is 40.0. The van der Waals surface area contributed by atoms with Crippen LogP contribution in [0.3, 0.4) is 0 Å². The molecule has 1 unspecified atom stereocenters. The maximum atomic E-state index is 12.9. The highest BCUT2D eigenvalue weighted by Crippen LogP contribution is 2.18. The summed E-state index contributed by atoms with van der Waals surface area (Å²) in [4.78, 5) is 38.4. The zero-order chi connectivity index (χ0) is 58.5. The molecule has 6 heteroatoms. The summed E-state index contributed by atoms with van der Waals surface area (Å²) in [6.07, 6.45) is 90.9. The number of rotatable bonds is 65. The van der Waals surface area contributed by atoms with Crippen molar-refractivity contribution in [2.24, 2.45) is 0 Å². The van der Waals surface area contributed by atoms with E-state index >= 15 is 0 Å². The minimum atomic E-state index is -0.788. The van der Waals surface area contributed by atoms with Gasteiger partial charge in [-0.1, -0.05) is 351 Å². The van der Waals surface area contributed by atoms with Crippen molar-refractivity contribution in [3.8, 4) is 0 Å². The second-order valence-electron chi connectivity index (χ2n) is 23.8. The summed E-state index contributed by atoms with van der Waals surface area (Å²) in [6, 6.07) is 0. The van der Waals surface area contributed by atoms with Gasteiger partial charge in [0.25, 0.3) is 0 Å². The second kappa shape index (κ2) is 69.3. The molecule has 0 aliphatic rings. The van der Waals surface area contributed by atoms with E-state index in [0.717, 1.165) is 109 Å². The van der Waals surface area contributed by atoms with Crippen molar-refractivity contribution in [1.29, 1.82) is 0 Å². The SMILES string of the molecule is CC/C=C\C/C=C\C/C=C\C/C=C\C/C=C\C/C=C\CCCCCCC(=O)OC(COC(=O)CCCCCCCCCCCCC)COC(=O)CCCCCCCCCCCCCCCCCCCCCCCCCCCCCCC. The van der Waals surface area contributed by atoms with Crippen molar-refractivity contribution in [2.45, 2.75) is 374 Å². The Labute approximate surface area is 503 Å². The zero-order valence-electron chi connectivity index (χ0n) is 54.1. The van der Waals surface area contributed by atoms with Crippen LogP contribution in [0, 0.1) is 0 Å². The Morgan fingerprint density at radius 2 is 0.481 bits per heavy atom. The van der Waals surface area contributed by atoms with Crippen LogP contribution < -0.4 is 0 Å². The quantitative estimate of drug-likeness (QED) is 0.0261. The Kier molecular flexibility index (Phi) is 66.6. The summed E-state index contributed by atoms with van der Waals surface area (Å²) in [5.41, 5.74) is 0. The van der Waals surface area contributed by atoms with Crippen LogP contribution in [-0.2, 0) is 28.6 Å². The first-order valence-corrected chi connectivity index (χ1v) is 35.4. The van der Waals surface area contributed by atoms with Crippen molar-refractivity contribution in [1.82, 2.24) is 0 Å². The Balaban J connectivity index is 4.21. The lowest BCUT2D eigenvalue weighted by molar-refractivity contribution is -0.167. The van der Waals surface area contributed by atoms with Gasteiger partial charge in [0.15, 0.2) is 6.10 Å². The maximum absolute atomic E-state index is 12.9. The van der Waals surface area contributed by atoms with Crippen LogP contribution in [0.25, 0.3) is 0 Å². The van der Waals surface area contributed by atoms with Crippen LogP contribution in [-0.4, -0.2) is 37.2 Å². The van der Waals surface area contributed by atoms with Gasteiger partial charge in [0, 0.05) is 19.3 Å². The normalized spacial score (nSPS) is 12.5. The number of carbonyl (C=O) groups is 3. The lowest BCUT2D eigenvalue weighted by atomic mass is 10.0. The second-order valence-corrected chi connectivity index (χ2v) is 23.8. The molecule has 0 N–H and O–H groups in total. The van der Waals surface area contributed by atoms with Crippen molar-refractivity contribution < 1.29 is 28.6 Å². The Morgan fingerprint density at radius 1 is 0.259 bits per heavy atom. The smallest absolute Gasteiger partial charge is 0.306 e. The van der Waals surface area contributed by atoms with Gasteiger partial charge >= 0.3 is 17.9 Å². The molecule has 0 aromatic carbocycles. The van der Waals surface area contributed by atoms with E-state index in [0.29, 0.717) is 19.3 Å². The van der Waals surface area contributed by atoms with Crippen LogP contribution in [0.2, 0.25) is 0 Å². The predicted octanol–water partition coefficient (Wildman–Crippen LogP) is 24.4. The number of allylic oxidation sites excluding steroid dienone is 12. The minimum Gasteiger partial charge on any atom is -0.462 e. The van der Waals surface area contributed by atoms with Crippen molar-refractivity contribution in [3.05, 3.63) is 72.9 Å². The lowest BCUT2D eigenvalue weighted by Crippen LogP contribution is -2.30.